The summed E-state index contributed by atoms with van der Waals surface area (Å²) < 4.78 is 0. The van der Waals surface area contributed by atoms with E-state index in [2.05, 4.69) is 5.32 Å². The second kappa shape index (κ2) is 6.69. The maximum Gasteiger partial charge on any atom is 0.308 e. The van der Waals surface area contributed by atoms with Crippen LogP contribution in [0.4, 0.5) is 5.69 Å². The molecule has 4 N–H and O–H groups in total. The maximum atomic E-state index is 12.6. The van der Waals surface area contributed by atoms with E-state index in [0.717, 1.165) is 10.8 Å². The van der Waals surface area contributed by atoms with Gasteiger partial charge in [-0.15, -0.1) is 0 Å². The molecule has 0 aliphatic rings. The van der Waals surface area contributed by atoms with E-state index >= 15 is 0 Å². The minimum absolute atomic E-state index is 0.00766. The third-order valence-corrected chi connectivity index (χ3v) is 4.11. The monoisotopic (exact) mass is 314 g/mol. The number of benzene rings is 2. The number of fused-ring (bicyclic) bond motifs is 1. The second-order valence-corrected chi connectivity index (χ2v) is 6.16. The molecule has 0 radical (unpaired) electrons. The number of anilines is 1. The molecular weight excluding hydrogens is 292 g/mol. The molecule has 0 bridgehead atoms. The Morgan fingerprint density at radius 3 is 2.17 bits per heavy atom. The summed E-state index contributed by atoms with van der Waals surface area (Å²) in [6.45, 7) is 5.36. The molecule has 0 saturated carbocycles. The van der Waals surface area contributed by atoms with Crippen molar-refractivity contribution in [1.29, 1.82) is 0 Å². The van der Waals surface area contributed by atoms with Gasteiger partial charge in [-0.1, -0.05) is 38.1 Å². The van der Waals surface area contributed by atoms with Gasteiger partial charge in [0.1, 0.15) is 0 Å². The van der Waals surface area contributed by atoms with Crippen LogP contribution in [0.5, 0.6) is 0 Å². The van der Waals surface area contributed by atoms with Crippen molar-refractivity contribution in [2.24, 2.45) is 11.8 Å². The number of nitrogens with one attached hydrogen (secondary N) is 1. The average molecular weight is 314 g/mol. The number of rotatable bonds is 5. The van der Waals surface area contributed by atoms with Crippen LogP contribution in [-0.4, -0.2) is 23.0 Å². The van der Waals surface area contributed by atoms with Crippen LogP contribution < -0.4 is 11.1 Å². The van der Waals surface area contributed by atoms with Crippen LogP contribution in [0.15, 0.2) is 36.4 Å². The number of carbonyl (C=O) groups excluding carboxylic acids is 1. The molecule has 2 aromatic rings. The smallest absolute Gasteiger partial charge is 0.308 e. The van der Waals surface area contributed by atoms with Gasteiger partial charge in [0.05, 0.1) is 11.5 Å². The molecule has 0 saturated heterocycles. The van der Waals surface area contributed by atoms with Crippen molar-refractivity contribution >= 4 is 28.3 Å². The van der Waals surface area contributed by atoms with Crippen LogP contribution in [0.2, 0.25) is 0 Å². The number of amides is 1. The van der Waals surface area contributed by atoms with Gasteiger partial charge in [-0.05, 0) is 35.7 Å². The number of carboxylic acid groups (broad SMARTS) is 1. The van der Waals surface area contributed by atoms with Crippen molar-refractivity contribution in [3.63, 3.8) is 0 Å². The van der Waals surface area contributed by atoms with Gasteiger partial charge < -0.3 is 16.2 Å². The number of nitrogen functional groups attached to an aromatic ring is 1. The van der Waals surface area contributed by atoms with Gasteiger partial charge in [0, 0.05) is 11.7 Å². The highest BCUT2D eigenvalue weighted by Gasteiger charge is 2.28. The molecular formula is C18H22N2O3. The second-order valence-electron chi connectivity index (χ2n) is 6.16. The lowest BCUT2D eigenvalue weighted by Gasteiger charge is -2.26. The van der Waals surface area contributed by atoms with E-state index < -0.39 is 17.9 Å². The summed E-state index contributed by atoms with van der Waals surface area (Å²) in [5.74, 6) is -1.97. The van der Waals surface area contributed by atoms with Gasteiger partial charge in [-0.25, -0.2) is 0 Å². The molecule has 1 amide bonds. The number of aliphatic carboxylic acids is 1. The zero-order valence-electron chi connectivity index (χ0n) is 13.5. The number of carbonyl (C=O) groups is 2. The van der Waals surface area contributed by atoms with Gasteiger partial charge in [-0.2, -0.15) is 0 Å². The Morgan fingerprint density at radius 1 is 1.09 bits per heavy atom. The third-order valence-electron chi connectivity index (χ3n) is 4.11. The summed E-state index contributed by atoms with van der Waals surface area (Å²) >= 11 is 0. The molecule has 1 unspecified atom stereocenters. The molecule has 2 rings (SSSR count). The third kappa shape index (κ3) is 3.62. The van der Waals surface area contributed by atoms with Crippen molar-refractivity contribution in [2.75, 3.05) is 5.73 Å². The molecule has 0 fully saturated rings. The fraction of sp³-hybridized carbons (Fsp3) is 0.333. The quantitative estimate of drug-likeness (QED) is 0.740. The van der Waals surface area contributed by atoms with Crippen molar-refractivity contribution in [1.82, 2.24) is 5.32 Å². The molecule has 2 atom stereocenters. The van der Waals surface area contributed by atoms with E-state index in [4.69, 9.17) is 5.73 Å². The Kier molecular flexibility index (Phi) is 4.89. The molecule has 5 heteroatoms. The van der Waals surface area contributed by atoms with E-state index in [9.17, 15) is 14.7 Å². The first kappa shape index (κ1) is 16.8. The molecule has 2 aromatic carbocycles. The van der Waals surface area contributed by atoms with Gasteiger partial charge in [0.2, 0.25) is 0 Å². The number of hydrogen-bond acceptors (Lipinski definition) is 3. The first-order chi connectivity index (χ1) is 10.8. The van der Waals surface area contributed by atoms with E-state index in [1.54, 1.807) is 19.1 Å². The average Bonchev–Trinajstić information content (AvgIpc) is 2.50. The van der Waals surface area contributed by atoms with Crippen LogP contribution >= 0.6 is 0 Å². The largest absolute Gasteiger partial charge is 0.481 e. The van der Waals surface area contributed by atoms with Crippen molar-refractivity contribution < 1.29 is 14.7 Å². The molecule has 0 spiro atoms. The van der Waals surface area contributed by atoms with E-state index in [-0.39, 0.29) is 11.8 Å². The van der Waals surface area contributed by atoms with E-state index in [1.165, 1.54) is 0 Å². The molecule has 0 aliphatic heterocycles. The summed E-state index contributed by atoms with van der Waals surface area (Å²) in [5, 5.41) is 13.9. The van der Waals surface area contributed by atoms with Gasteiger partial charge in [-0.3, -0.25) is 9.59 Å². The minimum Gasteiger partial charge on any atom is -0.481 e. The van der Waals surface area contributed by atoms with Gasteiger partial charge in [0.15, 0.2) is 0 Å². The highest BCUT2D eigenvalue weighted by Crippen LogP contribution is 2.23. The summed E-state index contributed by atoms with van der Waals surface area (Å²) in [7, 11) is 0. The normalized spacial score (nSPS) is 13.7. The molecule has 0 aliphatic carbocycles. The lowest BCUT2D eigenvalue weighted by atomic mass is 9.91. The maximum absolute atomic E-state index is 12.6. The van der Waals surface area contributed by atoms with Crippen molar-refractivity contribution in [2.45, 2.75) is 26.8 Å². The first-order valence-electron chi connectivity index (χ1n) is 7.63. The Hall–Kier alpha value is -2.56. The Labute approximate surface area is 135 Å². The molecule has 5 nitrogen and oxygen atoms in total. The SMILES string of the molecule is CC(C)[C@@H](NC(=O)c1cc2ccccc2cc1N)C(C)C(=O)O. The number of carboxylic acids is 1. The standard InChI is InChI=1S/C18H22N2O3/c1-10(2)16(11(3)18(22)23)20-17(21)14-8-12-6-4-5-7-13(12)9-15(14)19/h4-11,16H,19H2,1-3H3,(H,20,21)(H,22,23)/t11?,16-/m1/s1. The first-order valence-corrected chi connectivity index (χ1v) is 7.63. The fourth-order valence-electron chi connectivity index (χ4n) is 2.71. The van der Waals surface area contributed by atoms with Gasteiger partial charge in [0.25, 0.3) is 5.91 Å². The summed E-state index contributed by atoms with van der Waals surface area (Å²) in [6.07, 6.45) is 0. The Bertz CT molecular complexity index is 740. The lowest BCUT2D eigenvalue weighted by molar-refractivity contribution is -0.142. The van der Waals surface area contributed by atoms with Crippen LogP contribution in [0.3, 0.4) is 0 Å². The number of nitrogens with two attached hydrogens (primary N) is 1. The zero-order chi connectivity index (χ0) is 17.1. The molecule has 0 heterocycles. The highest BCUT2D eigenvalue weighted by molar-refractivity contribution is 6.04. The minimum atomic E-state index is -0.935. The van der Waals surface area contributed by atoms with Crippen LogP contribution in [0.1, 0.15) is 31.1 Å². The summed E-state index contributed by atoms with van der Waals surface area (Å²) in [6, 6.07) is 10.7. The predicted molar refractivity (Wildman–Crippen MR) is 91.3 cm³/mol. The molecule has 23 heavy (non-hydrogen) atoms. The van der Waals surface area contributed by atoms with Crippen molar-refractivity contribution in [3.05, 3.63) is 42.0 Å². The summed E-state index contributed by atoms with van der Waals surface area (Å²) in [4.78, 5) is 23.8. The number of hydrogen-bond donors (Lipinski definition) is 3. The van der Waals surface area contributed by atoms with Crippen LogP contribution in [-0.2, 0) is 4.79 Å². The van der Waals surface area contributed by atoms with Crippen LogP contribution in [0, 0.1) is 11.8 Å². The van der Waals surface area contributed by atoms with E-state index in [0.29, 0.717) is 11.3 Å². The van der Waals surface area contributed by atoms with E-state index in [1.807, 2.05) is 38.1 Å². The zero-order valence-corrected chi connectivity index (χ0v) is 13.5. The summed E-state index contributed by atoms with van der Waals surface area (Å²) in [5.41, 5.74) is 6.75. The Morgan fingerprint density at radius 2 is 1.65 bits per heavy atom. The fourth-order valence-corrected chi connectivity index (χ4v) is 2.71. The van der Waals surface area contributed by atoms with Crippen LogP contribution in [0.25, 0.3) is 10.8 Å². The highest BCUT2D eigenvalue weighted by atomic mass is 16.4. The molecule has 122 valence electrons. The van der Waals surface area contributed by atoms with Crippen molar-refractivity contribution in [3.8, 4) is 0 Å². The Balaban J connectivity index is 2.32. The van der Waals surface area contributed by atoms with Gasteiger partial charge >= 0.3 is 5.97 Å². The molecule has 0 aromatic heterocycles. The lowest BCUT2D eigenvalue weighted by Crippen LogP contribution is -2.45. The predicted octanol–water partition coefficient (Wildman–Crippen LogP) is 2.90. The topological polar surface area (TPSA) is 92.4 Å².